The number of halogens is 1. The van der Waals surface area contributed by atoms with Crippen LogP contribution in [0.2, 0.25) is 0 Å². The Kier molecular flexibility index (Phi) is 4.49. The van der Waals surface area contributed by atoms with E-state index in [-0.39, 0.29) is 23.6 Å². The molecule has 0 saturated heterocycles. The fourth-order valence-corrected chi connectivity index (χ4v) is 3.70. The third-order valence-electron chi connectivity index (χ3n) is 4.15. The summed E-state index contributed by atoms with van der Waals surface area (Å²) in [6.45, 7) is 0.546. The summed E-state index contributed by atoms with van der Waals surface area (Å²) < 4.78 is 13.3. The summed E-state index contributed by atoms with van der Waals surface area (Å²) in [5.41, 5.74) is 7.10. The first-order chi connectivity index (χ1) is 10.7. The lowest BCUT2D eigenvalue weighted by Gasteiger charge is -2.16. The van der Waals surface area contributed by atoms with Gasteiger partial charge >= 0.3 is 0 Å². The first-order valence-electron chi connectivity index (χ1n) is 7.40. The van der Waals surface area contributed by atoms with Crippen LogP contribution in [0.1, 0.15) is 19.3 Å². The Labute approximate surface area is 132 Å². The second-order valence-corrected chi connectivity index (χ2v) is 6.43. The highest BCUT2D eigenvalue weighted by Crippen LogP contribution is 2.32. The molecule has 22 heavy (non-hydrogen) atoms. The van der Waals surface area contributed by atoms with Gasteiger partial charge < -0.3 is 11.1 Å². The van der Waals surface area contributed by atoms with Crippen LogP contribution in [0.25, 0.3) is 11.3 Å². The van der Waals surface area contributed by atoms with Crippen molar-refractivity contribution in [1.82, 2.24) is 4.98 Å². The van der Waals surface area contributed by atoms with E-state index in [2.05, 4.69) is 10.3 Å². The van der Waals surface area contributed by atoms with Crippen molar-refractivity contribution in [3.8, 4) is 11.3 Å². The molecule has 4 nitrogen and oxygen atoms in total. The number of thiazole rings is 1. The van der Waals surface area contributed by atoms with Gasteiger partial charge in [-0.3, -0.25) is 4.79 Å². The van der Waals surface area contributed by atoms with E-state index in [0.29, 0.717) is 22.9 Å². The van der Waals surface area contributed by atoms with E-state index < -0.39 is 0 Å². The first kappa shape index (κ1) is 15.1. The normalized spacial score (nSPS) is 21.0. The van der Waals surface area contributed by atoms with Gasteiger partial charge in [0, 0.05) is 16.9 Å². The average Bonchev–Trinajstić information content (AvgIpc) is 3.15. The lowest BCUT2D eigenvalue weighted by atomic mass is 9.95. The molecule has 3 N–H and O–H groups in total. The molecule has 1 aromatic carbocycles. The van der Waals surface area contributed by atoms with Crippen molar-refractivity contribution in [2.45, 2.75) is 19.3 Å². The molecule has 116 valence electrons. The molecule has 1 aliphatic carbocycles. The summed E-state index contributed by atoms with van der Waals surface area (Å²) in [5.74, 6) is -0.0601. The van der Waals surface area contributed by atoms with Gasteiger partial charge in [0.2, 0.25) is 5.91 Å². The second-order valence-electron chi connectivity index (χ2n) is 5.57. The standard InChI is InChI=1S/C16H18FN3OS/c17-12-5-1-3-10(7-12)14-9-22-16(19-14)20-15(21)13-6-2-4-11(13)8-18/h1,3,5,7,9,11,13H,2,4,6,8,18H2,(H,19,20,21)/t11-,13-/m1/s1. The van der Waals surface area contributed by atoms with Gasteiger partial charge in [0.1, 0.15) is 5.82 Å². The molecule has 0 spiro atoms. The van der Waals surface area contributed by atoms with Crippen LogP contribution < -0.4 is 11.1 Å². The van der Waals surface area contributed by atoms with Crippen LogP contribution in [0.5, 0.6) is 0 Å². The van der Waals surface area contributed by atoms with Gasteiger partial charge in [-0.15, -0.1) is 11.3 Å². The van der Waals surface area contributed by atoms with E-state index in [1.807, 2.05) is 5.38 Å². The number of nitrogens with zero attached hydrogens (tertiary/aromatic N) is 1. The fourth-order valence-electron chi connectivity index (χ4n) is 2.97. The Morgan fingerprint density at radius 1 is 1.45 bits per heavy atom. The van der Waals surface area contributed by atoms with Gasteiger partial charge in [-0.25, -0.2) is 9.37 Å². The second kappa shape index (κ2) is 6.54. The van der Waals surface area contributed by atoms with Crippen LogP contribution in [0.15, 0.2) is 29.6 Å². The SMILES string of the molecule is NC[C@H]1CCC[C@H]1C(=O)Nc1nc(-c2cccc(F)c2)cs1. The summed E-state index contributed by atoms with van der Waals surface area (Å²) in [6.07, 6.45) is 2.95. The molecule has 0 bridgehead atoms. The molecule has 0 radical (unpaired) electrons. The molecule has 0 unspecified atom stereocenters. The quantitative estimate of drug-likeness (QED) is 0.909. The molecule has 2 aromatic rings. The maximum atomic E-state index is 13.3. The number of hydrogen-bond acceptors (Lipinski definition) is 4. The Hall–Kier alpha value is -1.79. The minimum atomic E-state index is -0.298. The number of carbonyl (C=O) groups is 1. The van der Waals surface area contributed by atoms with Gasteiger partial charge in [-0.1, -0.05) is 18.6 Å². The molecule has 2 atom stereocenters. The van der Waals surface area contributed by atoms with Crippen LogP contribution in [0, 0.1) is 17.7 Å². The molecule has 3 rings (SSSR count). The molecule has 1 saturated carbocycles. The molecule has 1 heterocycles. The molecule has 1 fully saturated rings. The van der Waals surface area contributed by atoms with Crippen molar-refractivity contribution in [1.29, 1.82) is 0 Å². The highest BCUT2D eigenvalue weighted by Gasteiger charge is 2.32. The number of rotatable bonds is 4. The number of aromatic nitrogens is 1. The maximum Gasteiger partial charge on any atom is 0.229 e. The number of nitrogens with two attached hydrogens (primary N) is 1. The van der Waals surface area contributed by atoms with E-state index in [9.17, 15) is 9.18 Å². The monoisotopic (exact) mass is 319 g/mol. The Balaban J connectivity index is 1.70. The molecule has 1 aromatic heterocycles. The van der Waals surface area contributed by atoms with Crippen LogP contribution in [0.3, 0.4) is 0 Å². The Morgan fingerprint density at radius 3 is 3.09 bits per heavy atom. The summed E-state index contributed by atoms with van der Waals surface area (Å²) in [7, 11) is 0. The summed E-state index contributed by atoms with van der Waals surface area (Å²) in [5, 5.41) is 5.24. The molecular formula is C16H18FN3OS. The van der Waals surface area contributed by atoms with Crippen molar-refractivity contribution in [2.75, 3.05) is 11.9 Å². The molecule has 1 amide bonds. The smallest absolute Gasteiger partial charge is 0.229 e. The topological polar surface area (TPSA) is 68.0 Å². The van der Waals surface area contributed by atoms with E-state index >= 15 is 0 Å². The summed E-state index contributed by atoms with van der Waals surface area (Å²) >= 11 is 1.35. The number of anilines is 1. The number of amides is 1. The lowest BCUT2D eigenvalue weighted by molar-refractivity contribution is -0.120. The van der Waals surface area contributed by atoms with Crippen LogP contribution in [0.4, 0.5) is 9.52 Å². The average molecular weight is 319 g/mol. The van der Waals surface area contributed by atoms with Gasteiger partial charge in [0.25, 0.3) is 0 Å². The first-order valence-corrected chi connectivity index (χ1v) is 8.27. The van der Waals surface area contributed by atoms with Gasteiger partial charge in [0.15, 0.2) is 5.13 Å². The third kappa shape index (κ3) is 3.18. The largest absolute Gasteiger partial charge is 0.330 e. The van der Waals surface area contributed by atoms with Crippen LogP contribution >= 0.6 is 11.3 Å². The molecule has 1 aliphatic rings. The minimum absolute atomic E-state index is 0.00640. The van der Waals surface area contributed by atoms with Crippen LogP contribution in [-0.4, -0.2) is 17.4 Å². The zero-order valence-electron chi connectivity index (χ0n) is 12.1. The lowest BCUT2D eigenvalue weighted by Crippen LogP contribution is -2.29. The van der Waals surface area contributed by atoms with E-state index in [4.69, 9.17) is 5.73 Å². The van der Waals surface area contributed by atoms with Crippen molar-refractivity contribution < 1.29 is 9.18 Å². The van der Waals surface area contributed by atoms with Crippen LogP contribution in [-0.2, 0) is 4.79 Å². The van der Waals surface area contributed by atoms with Crippen molar-refractivity contribution in [3.63, 3.8) is 0 Å². The third-order valence-corrected chi connectivity index (χ3v) is 4.91. The number of hydrogen-bond donors (Lipinski definition) is 2. The fraction of sp³-hybridized carbons (Fsp3) is 0.375. The Morgan fingerprint density at radius 2 is 2.32 bits per heavy atom. The maximum absolute atomic E-state index is 13.3. The summed E-state index contributed by atoms with van der Waals surface area (Å²) in [4.78, 5) is 16.7. The van der Waals surface area contributed by atoms with Crippen molar-refractivity contribution >= 4 is 22.4 Å². The Bertz CT molecular complexity index is 673. The van der Waals surface area contributed by atoms with Gasteiger partial charge in [-0.05, 0) is 37.4 Å². The number of nitrogens with one attached hydrogen (secondary N) is 1. The van der Waals surface area contributed by atoms with E-state index in [1.165, 1.54) is 23.5 Å². The van der Waals surface area contributed by atoms with Gasteiger partial charge in [-0.2, -0.15) is 0 Å². The van der Waals surface area contributed by atoms with Crippen molar-refractivity contribution in [2.24, 2.45) is 17.6 Å². The predicted molar refractivity (Wildman–Crippen MR) is 86.0 cm³/mol. The zero-order valence-corrected chi connectivity index (χ0v) is 12.9. The minimum Gasteiger partial charge on any atom is -0.330 e. The molecular weight excluding hydrogens is 301 g/mol. The number of carbonyl (C=O) groups excluding carboxylic acids is 1. The van der Waals surface area contributed by atoms with Crippen molar-refractivity contribution in [3.05, 3.63) is 35.5 Å². The predicted octanol–water partition coefficient (Wildman–Crippen LogP) is 3.26. The van der Waals surface area contributed by atoms with E-state index in [1.54, 1.807) is 12.1 Å². The van der Waals surface area contributed by atoms with E-state index in [0.717, 1.165) is 19.3 Å². The molecule has 6 heteroatoms. The highest BCUT2D eigenvalue weighted by atomic mass is 32.1. The van der Waals surface area contributed by atoms with Gasteiger partial charge in [0.05, 0.1) is 5.69 Å². The summed E-state index contributed by atoms with van der Waals surface area (Å²) in [6, 6.07) is 6.27. The highest BCUT2D eigenvalue weighted by molar-refractivity contribution is 7.14. The zero-order chi connectivity index (χ0) is 15.5. The molecule has 0 aliphatic heterocycles. The number of benzene rings is 1.